The fourth-order valence-electron chi connectivity index (χ4n) is 1.11. The first-order chi connectivity index (χ1) is 7.17. The Hall–Kier alpha value is -1.99. The molecule has 4 N–H and O–H groups in total. The molecule has 1 aromatic rings. The van der Waals surface area contributed by atoms with Crippen molar-refractivity contribution in [3.63, 3.8) is 0 Å². The summed E-state index contributed by atoms with van der Waals surface area (Å²) in [6.07, 6.45) is 0. The van der Waals surface area contributed by atoms with Gasteiger partial charge in [-0.15, -0.1) is 0 Å². The molecule has 0 spiro atoms. The van der Waals surface area contributed by atoms with Gasteiger partial charge in [-0.2, -0.15) is 0 Å². The molecule has 0 unspecified atom stereocenters. The van der Waals surface area contributed by atoms with Crippen LogP contribution >= 0.6 is 0 Å². The summed E-state index contributed by atoms with van der Waals surface area (Å²) >= 11 is 0. The first-order valence-corrected chi connectivity index (χ1v) is 4.35. The van der Waals surface area contributed by atoms with Crippen LogP contribution in [0.2, 0.25) is 0 Å². The maximum absolute atomic E-state index is 11.2. The lowest BCUT2D eigenvalue weighted by Crippen LogP contribution is -2.03. The predicted octanol–water partition coefficient (Wildman–Crippen LogP) is 0.366. The quantitative estimate of drug-likeness (QED) is 0.393. The second-order valence-electron chi connectivity index (χ2n) is 2.84. The van der Waals surface area contributed by atoms with E-state index in [2.05, 4.69) is 16.6 Å². The van der Waals surface area contributed by atoms with Gasteiger partial charge in [0.25, 0.3) is 0 Å². The lowest BCUT2D eigenvalue weighted by atomic mass is 10.1. The lowest BCUT2D eigenvalue weighted by Gasteiger charge is -2.01. The summed E-state index contributed by atoms with van der Waals surface area (Å²) in [5.41, 5.74) is 12.4. The Balaban J connectivity index is 3.10. The number of hydrogen-bond acceptors (Lipinski definition) is 4. The number of benzene rings is 1. The highest BCUT2D eigenvalue weighted by Gasteiger charge is 2.06. The van der Waals surface area contributed by atoms with Crippen LogP contribution in [0.4, 0.5) is 5.69 Å². The molecular formula is C11H12N2O2. The van der Waals surface area contributed by atoms with Crippen LogP contribution in [0, 0.1) is 11.8 Å². The number of methoxy groups -OCH3 is 1. The van der Waals surface area contributed by atoms with E-state index in [9.17, 15) is 4.79 Å². The number of rotatable bonds is 1. The summed E-state index contributed by atoms with van der Waals surface area (Å²) in [5, 5.41) is 0. The van der Waals surface area contributed by atoms with Gasteiger partial charge in [0.1, 0.15) is 0 Å². The number of nitrogen functional groups attached to an aromatic ring is 1. The van der Waals surface area contributed by atoms with Crippen LogP contribution in [0.1, 0.15) is 15.9 Å². The fraction of sp³-hybridized carbons (Fsp3) is 0.182. The molecule has 0 amide bonds. The standard InChI is InChI=1S/C11H12N2O2/c1-15-11(14)9-5-8(3-2-4-12)6-10(13)7-9/h5-7H,4,12-13H2,1H3. The molecule has 78 valence electrons. The highest BCUT2D eigenvalue weighted by atomic mass is 16.5. The van der Waals surface area contributed by atoms with Crippen molar-refractivity contribution in [1.29, 1.82) is 0 Å². The zero-order valence-electron chi connectivity index (χ0n) is 8.41. The van der Waals surface area contributed by atoms with Crippen molar-refractivity contribution >= 4 is 11.7 Å². The minimum atomic E-state index is -0.432. The van der Waals surface area contributed by atoms with Crippen LogP contribution in [-0.4, -0.2) is 19.6 Å². The number of ether oxygens (including phenoxy) is 1. The number of esters is 1. The van der Waals surface area contributed by atoms with Crippen molar-refractivity contribution < 1.29 is 9.53 Å². The van der Waals surface area contributed by atoms with Gasteiger partial charge < -0.3 is 16.2 Å². The SMILES string of the molecule is COC(=O)c1cc(N)cc(C#CCN)c1. The molecule has 0 aromatic heterocycles. The van der Waals surface area contributed by atoms with Gasteiger partial charge in [-0.25, -0.2) is 4.79 Å². The largest absolute Gasteiger partial charge is 0.465 e. The summed E-state index contributed by atoms with van der Waals surface area (Å²) < 4.78 is 4.58. The van der Waals surface area contributed by atoms with Crippen LogP contribution in [0.15, 0.2) is 18.2 Å². The van der Waals surface area contributed by atoms with E-state index in [0.29, 0.717) is 16.8 Å². The third kappa shape index (κ3) is 3.01. The molecule has 0 saturated heterocycles. The summed E-state index contributed by atoms with van der Waals surface area (Å²) in [6, 6.07) is 4.83. The first-order valence-electron chi connectivity index (χ1n) is 4.35. The van der Waals surface area contributed by atoms with Crippen LogP contribution in [0.25, 0.3) is 0 Å². The van der Waals surface area contributed by atoms with Crippen molar-refractivity contribution in [2.75, 3.05) is 19.4 Å². The van der Waals surface area contributed by atoms with E-state index >= 15 is 0 Å². The molecule has 0 radical (unpaired) electrons. The Bertz CT molecular complexity index is 430. The van der Waals surface area contributed by atoms with E-state index < -0.39 is 5.97 Å². The first kappa shape index (κ1) is 11.1. The summed E-state index contributed by atoms with van der Waals surface area (Å²) in [6.45, 7) is 0.266. The molecule has 4 nitrogen and oxygen atoms in total. The molecule has 0 bridgehead atoms. The van der Waals surface area contributed by atoms with Crippen molar-refractivity contribution in [2.24, 2.45) is 5.73 Å². The van der Waals surface area contributed by atoms with Crippen molar-refractivity contribution in [3.05, 3.63) is 29.3 Å². The van der Waals surface area contributed by atoms with Crippen molar-refractivity contribution in [2.45, 2.75) is 0 Å². The highest BCUT2D eigenvalue weighted by molar-refractivity contribution is 5.90. The van der Waals surface area contributed by atoms with Gasteiger partial charge in [0.05, 0.1) is 19.2 Å². The van der Waals surface area contributed by atoms with Crippen molar-refractivity contribution in [1.82, 2.24) is 0 Å². The maximum atomic E-state index is 11.2. The van der Waals surface area contributed by atoms with E-state index in [-0.39, 0.29) is 6.54 Å². The molecule has 0 aliphatic heterocycles. The second kappa shape index (κ2) is 5.03. The van der Waals surface area contributed by atoms with Crippen LogP contribution < -0.4 is 11.5 Å². The minimum Gasteiger partial charge on any atom is -0.465 e. The smallest absolute Gasteiger partial charge is 0.337 e. The van der Waals surface area contributed by atoms with E-state index in [4.69, 9.17) is 11.5 Å². The van der Waals surface area contributed by atoms with Gasteiger partial charge in [0, 0.05) is 11.3 Å². The number of nitrogens with two attached hydrogens (primary N) is 2. The van der Waals surface area contributed by atoms with Crippen LogP contribution in [0.5, 0.6) is 0 Å². The Morgan fingerprint density at radius 1 is 1.47 bits per heavy atom. The number of anilines is 1. The monoisotopic (exact) mass is 204 g/mol. The predicted molar refractivity (Wildman–Crippen MR) is 58.1 cm³/mol. The third-order valence-electron chi connectivity index (χ3n) is 1.71. The average Bonchev–Trinajstić information content (AvgIpc) is 2.24. The Kier molecular flexibility index (Phi) is 3.72. The molecule has 1 aromatic carbocycles. The zero-order chi connectivity index (χ0) is 11.3. The summed E-state index contributed by atoms with van der Waals surface area (Å²) in [5.74, 6) is 5.06. The van der Waals surface area contributed by atoms with Crippen LogP contribution in [0.3, 0.4) is 0 Å². The van der Waals surface area contributed by atoms with Gasteiger partial charge in [-0.3, -0.25) is 0 Å². The number of carbonyl (C=O) groups excluding carboxylic acids is 1. The Labute approximate surface area is 88.2 Å². The van der Waals surface area contributed by atoms with Crippen molar-refractivity contribution in [3.8, 4) is 11.8 Å². The maximum Gasteiger partial charge on any atom is 0.337 e. The van der Waals surface area contributed by atoms with Gasteiger partial charge in [-0.1, -0.05) is 11.8 Å². The molecule has 0 atom stereocenters. The molecule has 0 aliphatic carbocycles. The topological polar surface area (TPSA) is 78.3 Å². The number of carbonyl (C=O) groups is 1. The average molecular weight is 204 g/mol. The molecule has 4 heteroatoms. The van der Waals surface area contributed by atoms with Gasteiger partial charge >= 0.3 is 5.97 Å². The lowest BCUT2D eigenvalue weighted by molar-refractivity contribution is 0.0601. The zero-order valence-corrected chi connectivity index (χ0v) is 8.41. The van der Waals surface area contributed by atoms with Gasteiger partial charge in [0.2, 0.25) is 0 Å². The highest BCUT2D eigenvalue weighted by Crippen LogP contribution is 2.12. The van der Waals surface area contributed by atoms with E-state index in [1.807, 2.05) is 0 Å². The fourth-order valence-corrected chi connectivity index (χ4v) is 1.11. The molecule has 0 aliphatic rings. The number of hydrogen-bond donors (Lipinski definition) is 2. The molecule has 1 rings (SSSR count). The normalized spacial score (nSPS) is 8.93. The molecule has 15 heavy (non-hydrogen) atoms. The second-order valence-corrected chi connectivity index (χ2v) is 2.84. The summed E-state index contributed by atoms with van der Waals surface area (Å²) in [4.78, 5) is 11.2. The summed E-state index contributed by atoms with van der Waals surface area (Å²) in [7, 11) is 1.32. The van der Waals surface area contributed by atoms with Gasteiger partial charge in [0.15, 0.2) is 0 Å². The van der Waals surface area contributed by atoms with Crippen LogP contribution in [-0.2, 0) is 4.74 Å². The third-order valence-corrected chi connectivity index (χ3v) is 1.71. The van der Waals surface area contributed by atoms with Gasteiger partial charge in [-0.05, 0) is 18.2 Å². The molecular weight excluding hydrogens is 192 g/mol. The molecule has 0 fully saturated rings. The van der Waals surface area contributed by atoms with E-state index in [1.165, 1.54) is 7.11 Å². The van der Waals surface area contributed by atoms with E-state index in [0.717, 1.165) is 0 Å². The molecule has 0 saturated carbocycles. The Morgan fingerprint density at radius 3 is 2.80 bits per heavy atom. The molecule has 0 heterocycles. The Morgan fingerprint density at radius 2 is 2.20 bits per heavy atom. The minimum absolute atomic E-state index is 0.266. The van der Waals surface area contributed by atoms with E-state index in [1.54, 1.807) is 18.2 Å².